The van der Waals surface area contributed by atoms with Crippen molar-refractivity contribution in [2.75, 3.05) is 0 Å². The van der Waals surface area contributed by atoms with Gasteiger partial charge in [-0.05, 0) is 165 Å². The highest BCUT2D eigenvalue weighted by atomic mass is 16.5. The van der Waals surface area contributed by atoms with Crippen molar-refractivity contribution in [3.8, 4) is 22.3 Å². The molecular formula is C54H68N2O2. The number of nitrogens with zero attached hydrogens (tertiary/aromatic N) is 2. The molecule has 0 N–H and O–H groups in total. The number of rotatable bonds is 4. The fourth-order valence-corrected chi connectivity index (χ4v) is 16.8. The van der Waals surface area contributed by atoms with Crippen LogP contribution in [-0.4, -0.2) is 70.5 Å². The van der Waals surface area contributed by atoms with Crippen LogP contribution in [0.3, 0.4) is 0 Å². The third kappa shape index (κ3) is 5.80. The van der Waals surface area contributed by atoms with Gasteiger partial charge in [-0.3, -0.25) is 9.80 Å². The Kier molecular flexibility index (Phi) is 9.08. The zero-order valence-electron chi connectivity index (χ0n) is 35.0. The van der Waals surface area contributed by atoms with Gasteiger partial charge in [0.2, 0.25) is 0 Å². The molecule has 16 atom stereocenters. The Balaban J connectivity index is 0.707. The van der Waals surface area contributed by atoms with Gasteiger partial charge < -0.3 is 9.47 Å². The molecule has 4 nitrogen and oxygen atoms in total. The fraction of sp³-hybridized carbons (Fsp3) is 0.667. The van der Waals surface area contributed by atoms with E-state index >= 15 is 0 Å². The fourth-order valence-electron chi connectivity index (χ4n) is 16.8. The molecule has 0 radical (unpaired) electrons. The second kappa shape index (κ2) is 14.6. The third-order valence-corrected chi connectivity index (χ3v) is 19.0. The summed E-state index contributed by atoms with van der Waals surface area (Å²) in [6, 6.07) is 33.5. The smallest absolute Gasteiger partial charge is 0.0737 e. The Morgan fingerprint density at radius 1 is 0.362 bits per heavy atom. The molecule has 10 aliphatic rings. The van der Waals surface area contributed by atoms with E-state index < -0.39 is 0 Å². The van der Waals surface area contributed by atoms with Crippen LogP contribution in [-0.2, 0) is 9.47 Å². The largest absolute Gasteiger partial charge is 0.372 e. The summed E-state index contributed by atoms with van der Waals surface area (Å²) < 4.78 is 13.9. The molecule has 0 amide bonds. The molecule has 13 rings (SSSR count). The molecule has 3 aromatic rings. The lowest BCUT2D eigenvalue weighted by Gasteiger charge is -2.53. The monoisotopic (exact) mass is 777 g/mol. The maximum Gasteiger partial charge on any atom is 0.0737 e. The maximum absolute atomic E-state index is 6.94. The Bertz CT molecular complexity index is 1980. The average Bonchev–Trinajstić information content (AvgIpc) is 3.81. The Morgan fingerprint density at radius 2 is 0.862 bits per heavy atom. The number of hydrogen-bond acceptors (Lipinski definition) is 4. The van der Waals surface area contributed by atoms with Crippen molar-refractivity contribution in [2.24, 2.45) is 23.7 Å². The lowest BCUT2D eigenvalue weighted by molar-refractivity contribution is -0.177. The van der Waals surface area contributed by atoms with Crippen molar-refractivity contribution in [2.45, 2.75) is 201 Å². The summed E-state index contributed by atoms with van der Waals surface area (Å²) in [4.78, 5) is 6.23. The van der Waals surface area contributed by atoms with Crippen molar-refractivity contribution >= 4 is 0 Å². The summed E-state index contributed by atoms with van der Waals surface area (Å²) in [7, 11) is 0. The maximum atomic E-state index is 6.94. The standard InChI is InChI=1S/C54H68N2O2/c1-3-17-49-47(15-1)55-45-27-25-39(31-43(45)41-13-7-19-51(57-49)53(41)55)34-23-21-33(22-24-34)35-9-5-10-36(29-35)37-11-6-12-38(30-37)40-26-28-46-44(32-40)42-14-8-20-52-54(42)56(46)48-16-2-4-18-50(48)58-52/h5-6,9-12,21-24,29-30,39-54H,1-4,7-8,13-20,25-28,31-32H2. The van der Waals surface area contributed by atoms with Crippen LogP contribution in [0.2, 0.25) is 0 Å². The molecule has 4 heteroatoms. The molecule has 6 saturated carbocycles. The van der Waals surface area contributed by atoms with Crippen LogP contribution >= 0.6 is 0 Å². The van der Waals surface area contributed by atoms with E-state index in [-0.39, 0.29) is 0 Å². The van der Waals surface area contributed by atoms with Crippen LogP contribution in [0.4, 0.5) is 0 Å². The highest BCUT2D eigenvalue weighted by Crippen LogP contribution is 2.58. The second-order valence-corrected chi connectivity index (χ2v) is 21.5. The van der Waals surface area contributed by atoms with Gasteiger partial charge in [0.1, 0.15) is 0 Å². The van der Waals surface area contributed by atoms with Crippen LogP contribution in [0.1, 0.15) is 151 Å². The second-order valence-electron chi connectivity index (χ2n) is 21.5. The van der Waals surface area contributed by atoms with Crippen LogP contribution in [0.25, 0.3) is 22.3 Å². The first-order chi connectivity index (χ1) is 28.7. The summed E-state index contributed by atoms with van der Waals surface area (Å²) >= 11 is 0. The van der Waals surface area contributed by atoms with Gasteiger partial charge in [0.05, 0.1) is 24.4 Å². The van der Waals surface area contributed by atoms with E-state index in [2.05, 4.69) is 82.6 Å². The van der Waals surface area contributed by atoms with Crippen LogP contribution in [0.15, 0.2) is 72.8 Å². The van der Waals surface area contributed by atoms with Crippen LogP contribution in [0.5, 0.6) is 0 Å². The molecule has 16 unspecified atom stereocenters. The summed E-state index contributed by atoms with van der Waals surface area (Å²) in [5.41, 5.74) is 8.61. The van der Waals surface area contributed by atoms with E-state index in [1.165, 1.54) is 151 Å². The topological polar surface area (TPSA) is 24.9 Å². The van der Waals surface area contributed by atoms with Gasteiger partial charge in [-0.1, -0.05) is 105 Å². The first-order valence-electron chi connectivity index (χ1n) is 24.9. The summed E-state index contributed by atoms with van der Waals surface area (Å²) in [6.07, 6.45) is 29.4. The van der Waals surface area contributed by atoms with E-state index in [4.69, 9.17) is 9.47 Å². The van der Waals surface area contributed by atoms with Gasteiger partial charge in [-0.15, -0.1) is 0 Å². The molecule has 10 fully saturated rings. The number of fused-ring (bicyclic) bond motifs is 10. The summed E-state index contributed by atoms with van der Waals surface area (Å²) in [5, 5.41) is 0. The molecule has 6 aliphatic carbocycles. The molecule has 4 saturated heterocycles. The molecular weight excluding hydrogens is 709 g/mol. The molecule has 3 aromatic carbocycles. The molecule has 0 aromatic heterocycles. The predicted octanol–water partition coefficient (Wildman–Crippen LogP) is 11.9. The van der Waals surface area contributed by atoms with Crippen molar-refractivity contribution in [3.05, 3.63) is 83.9 Å². The normalized spacial score (nSPS) is 44.3. The predicted molar refractivity (Wildman–Crippen MR) is 233 cm³/mol. The average molecular weight is 777 g/mol. The van der Waals surface area contributed by atoms with Gasteiger partial charge >= 0.3 is 0 Å². The molecule has 306 valence electrons. The lowest BCUT2D eigenvalue weighted by atomic mass is 9.68. The molecule has 4 aliphatic heterocycles. The third-order valence-electron chi connectivity index (χ3n) is 19.0. The van der Waals surface area contributed by atoms with Gasteiger partial charge in [0, 0.05) is 36.3 Å². The quantitative estimate of drug-likeness (QED) is 0.263. The summed E-state index contributed by atoms with van der Waals surface area (Å²) in [5.74, 6) is 4.79. The van der Waals surface area contributed by atoms with E-state index in [1.54, 1.807) is 11.1 Å². The zero-order valence-corrected chi connectivity index (χ0v) is 35.0. The van der Waals surface area contributed by atoms with E-state index in [1.807, 2.05) is 0 Å². The van der Waals surface area contributed by atoms with E-state index in [9.17, 15) is 0 Å². The number of benzene rings is 3. The highest BCUT2D eigenvalue weighted by molar-refractivity contribution is 5.73. The zero-order chi connectivity index (χ0) is 37.9. The minimum atomic E-state index is 0.503. The van der Waals surface area contributed by atoms with Gasteiger partial charge in [0.25, 0.3) is 0 Å². The summed E-state index contributed by atoms with van der Waals surface area (Å²) in [6.45, 7) is 0. The molecule has 0 bridgehead atoms. The van der Waals surface area contributed by atoms with Gasteiger partial charge in [-0.25, -0.2) is 0 Å². The van der Waals surface area contributed by atoms with E-state index in [0.29, 0.717) is 60.4 Å². The van der Waals surface area contributed by atoms with Crippen LogP contribution in [0, 0.1) is 23.7 Å². The SMILES string of the molecule is c1cc(-c2ccc(C3CCC4C(C3)C3CCCC5OC6CCCCC6N4C53)cc2)cc(-c2cccc(C3CCC4C(C3)C3CCCC5OC6CCCCC6N4C53)c2)c1. The van der Waals surface area contributed by atoms with Crippen molar-refractivity contribution in [1.29, 1.82) is 0 Å². The Labute approximate surface area is 348 Å². The van der Waals surface area contributed by atoms with Crippen molar-refractivity contribution < 1.29 is 9.47 Å². The first-order valence-corrected chi connectivity index (χ1v) is 24.9. The highest BCUT2D eigenvalue weighted by Gasteiger charge is 2.61. The number of morpholine rings is 2. The Morgan fingerprint density at radius 3 is 1.47 bits per heavy atom. The molecule has 58 heavy (non-hydrogen) atoms. The minimum Gasteiger partial charge on any atom is -0.372 e. The lowest BCUT2D eigenvalue weighted by Crippen LogP contribution is -2.63. The Hall–Kier alpha value is -2.50. The van der Waals surface area contributed by atoms with Gasteiger partial charge in [0.15, 0.2) is 0 Å². The number of hydrogen-bond donors (Lipinski definition) is 0. The molecule has 0 spiro atoms. The van der Waals surface area contributed by atoms with Gasteiger partial charge in [-0.2, -0.15) is 0 Å². The molecule has 4 heterocycles. The first kappa shape index (κ1) is 36.2. The van der Waals surface area contributed by atoms with Crippen molar-refractivity contribution in [1.82, 2.24) is 9.80 Å². The minimum absolute atomic E-state index is 0.503. The van der Waals surface area contributed by atoms with Crippen LogP contribution < -0.4 is 0 Å². The van der Waals surface area contributed by atoms with Crippen molar-refractivity contribution in [3.63, 3.8) is 0 Å². The van der Waals surface area contributed by atoms with E-state index in [0.717, 1.165) is 35.8 Å². The number of ether oxygens (including phenoxy) is 2.